The van der Waals surface area contributed by atoms with E-state index in [9.17, 15) is 14.7 Å². The first kappa shape index (κ1) is 19.6. The van der Waals surface area contributed by atoms with Gasteiger partial charge in [0.15, 0.2) is 0 Å². The van der Waals surface area contributed by atoms with Crippen molar-refractivity contribution in [3.63, 3.8) is 0 Å². The summed E-state index contributed by atoms with van der Waals surface area (Å²) >= 11 is 6.03. The largest absolute Gasteiger partial charge is 0.480 e. The third-order valence-electron chi connectivity index (χ3n) is 4.53. The number of hydrogen-bond donors (Lipinski definition) is 2. The number of carboxylic acids is 1. The van der Waals surface area contributed by atoms with Crippen LogP contribution in [0.25, 0.3) is 0 Å². The van der Waals surface area contributed by atoms with Crippen LogP contribution in [-0.4, -0.2) is 29.3 Å². The molecule has 2 rings (SSSR count). The number of halogens is 1. The van der Waals surface area contributed by atoms with E-state index in [1.165, 1.54) is 0 Å². The predicted molar refractivity (Wildman–Crippen MR) is 96.8 cm³/mol. The number of alkyl carbamates (subject to hydrolysis) is 1. The van der Waals surface area contributed by atoms with Gasteiger partial charge >= 0.3 is 12.1 Å². The van der Waals surface area contributed by atoms with Crippen LogP contribution in [0.5, 0.6) is 0 Å². The van der Waals surface area contributed by atoms with Gasteiger partial charge in [0.25, 0.3) is 0 Å². The first-order chi connectivity index (χ1) is 11.8. The van der Waals surface area contributed by atoms with Gasteiger partial charge in [0.1, 0.15) is 12.1 Å². The molecular formula is C19H26ClNO4. The Labute approximate surface area is 153 Å². The molecule has 1 aromatic carbocycles. The summed E-state index contributed by atoms with van der Waals surface area (Å²) in [7, 11) is 0. The molecule has 0 saturated heterocycles. The number of hydrogen-bond acceptors (Lipinski definition) is 3. The third kappa shape index (κ3) is 6.24. The van der Waals surface area contributed by atoms with Crippen molar-refractivity contribution < 1.29 is 19.4 Å². The number of rotatable bonds is 7. The topological polar surface area (TPSA) is 75.6 Å². The van der Waals surface area contributed by atoms with E-state index in [2.05, 4.69) is 5.32 Å². The Hall–Kier alpha value is -1.75. The third-order valence-corrected chi connectivity index (χ3v) is 4.77. The molecule has 0 spiro atoms. The van der Waals surface area contributed by atoms with Gasteiger partial charge in [-0.25, -0.2) is 9.59 Å². The second kappa shape index (κ2) is 9.09. The molecule has 0 aromatic heterocycles. The van der Waals surface area contributed by atoms with Gasteiger partial charge in [0.05, 0.1) is 0 Å². The molecule has 0 radical (unpaired) electrons. The lowest BCUT2D eigenvalue weighted by molar-refractivity contribution is -0.139. The molecule has 0 aliphatic heterocycles. The van der Waals surface area contributed by atoms with Crippen LogP contribution in [0.3, 0.4) is 0 Å². The molecule has 0 bridgehead atoms. The molecule has 2 unspecified atom stereocenters. The van der Waals surface area contributed by atoms with Crippen LogP contribution in [0.4, 0.5) is 4.79 Å². The van der Waals surface area contributed by atoms with Crippen LogP contribution >= 0.6 is 11.6 Å². The van der Waals surface area contributed by atoms with Crippen LogP contribution in [0.2, 0.25) is 5.02 Å². The maximum Gasteiger partial charge on any atom is 0.408 e. The fraction of sp³-hybridized carbons (Fsp3) is 0.579. The van der Waals surface area contributed by atoms with Gasteiger partial charge in [-0.1, -0.05) is 37.6 Å². The van der Waals surface area contributed by atoms with Crippen molar-refractivity contribution in [3.8, 4) is 0 Å². The molecule has 1 saturated carbocycles. The Morgan fingerprint density at radius 2 is 2.12 bits per heavy atom. The Bertz CT molecular complexity index is 605. The van der Waals surface area contributed by atoms with Crippen LogP contribution in [0.1, 0.15) is 45.1 Å². The quantitative estimate of drug-likeness (QED) is 0.754. The first-order valence-corrected chi connectivity index (χ1v) is 9.17. The smallest absolute Gasteiger partial charge is 0.408 e. The normalized spacial score (nSPS) is 21.1. The summed E-state index contributed by atoms with van der Waals surface area (Å²) < 4.78 is 5.54. The molecule has 6 heteroatoms. The summed E-state index contributed by atoms with van der Waals surface area (Å²) in [5, 5.41) is 12.4. The molecule has 1 aromatic rings. The van der Waals surface area contributed by atoms with Crippen LogP contribution in [0, 0.1) is 11.8 Å². The Morgan fingerprint density at radius 1 is 1.36 bits per heavy atom. The lowest BCUT2D eigenvalue weighted by Crippen LogP contribution is -2.43. The van der Waals surface area contributed by atoms with Crippen molar-refractivity contribution in [2.24, 2.45) is 11.8 Å². The Kier molecular flexibility index (Phi) is 7.12. The highest BCUT2D eigenvalue weighted by Gasteiger charge is 2.32. The number of ether oxygens (including phenoxy) is 1. The number of carbonyl (C=O) groups excluding carboxylic acids is 1. The average Bonchev–Trinajstić information content (AvgIpc) is 2.93. The van der Waals surface area contributed by atoms with E-state index in [-0.39, 0.29) is 17.9 Å². The van der Waals surface area contributed by atoms with Crippen molar-refractivity contribution in [2.45, 2.75) is 58.1 Å². The summed E-state index contributed by atoms with van der Waals surface area (Å²) in [6.45, 7) is 3.84. The summed E-state index contributed by atoms with van der Waals surface area (Å²) in [5.74, 6) is -0.631. The maximum atomic E-state index is 12.1. The number of carbonyl (C=O) groups is 2. The molecule has 1 fully saturated rings. The van der Waals surface area contributed by atoms with Crippen molar-refractivity contribution >= 4 is 23.7 Å². The monoisotopic (exact) mass is 367 g/mol. The van der Waals surface area contributed by atoms with Crippen molar-refractivity contribution in [1.29, 1.82) is 0 Å². The van der Waals surface area contributed by atoms with Gasteiger partial charge in [-0.15, -0.1) is 0 Å². The first-order valence-electron chi connectivity index (χ1n) is 8.79. The second-order valence-electron chi connectivity index (χ2n) is 7.13. The highest BCUT2D eigenvalue weighted by Crippen LogP contribution is 2.31. The fourth-order valence-corrected chi connectivity index (χ4v) is 3.58. The van der Waals surface area contributed by atoms with Crippen LogP contribution < -0.4 is 5.32 Å². The van der Waals surface area contributed by atoms with Gasteiger partial charge in [0, 0.05) is 10.9 Å². The molecule has 1 amide bonds. The van der Waals surface area contributed by atoms with E-state index in [4.69, 9.17) is 16.3 Å². The van der Waals surface area contributed by atoms with E-state index < -0.39 is 18.1 Å². The number of nitrogens with one attached hydrogen (secondary N) is 1. The molecule has 138 valence electrons. The van der Waals surface area contributed by atoms with Crippen molar-refractivity contribution in [1.82, 2.24) is 5.32 Å². The van der Waals surface area contributed by atoms with E-state index in [0.717, 1.165) is 31.2 Å². The number of carboxylic acid groups (broad SMARTS) is 1. The minimum Gasteiger partial charge on any atom is -0.480 e. The lowest BCUT2D eigenvalue weighted by atomic mass is 9.96. The molecule has 1 aliphatic carbocycles. The summed E-state index contributed by atoms with van der Waals surface area (Å²) in [4.78, 5) is 23.4. The summed E-state index contributed by atoms with van der Waals surface area (Å²) in [6.07, 6.45) is 3.13. The second-order valence-corrected chi connectivity index (χ2v) is 7.57. The number of benzene rings is 1. The van der Waals surface area contributed by atoms with Gasteiger partial charge < -0.3 is 15.2 Å². The molecule has 2 N–H and O–H groups in total. The van der Waals surface area contributed by atoms with E-state index in [1.54, 1.807) is 0 Å². The maximum absolute atomic E-state index is 12.1. The molecular weight excluding hydrogens is 342 g/mol. The van der Waals surface area contributed by atoms with E-state index in [1.807, 2.05) is 38.1 Å². The zero-order valence-corrected chi connectivity index (χ0v) is 15.5. The van der Waals surface area contributed by atoms with Crippen molar-refractivity contribution in [3.05, 3.63) is 34.9 Å². The number of amides is 1. The molecule has 5 nitrogen and oxygen atoms in total. The van der Waals surface area contributed by atoms with E-state index >= 15 is 0 Å². The Morgan fingerprint density at radius 3 is 2.76 bits per heavy atom. The zero-order chi connectivity index (χ0) is 18.4. The summed E-state index contributed by atoms with van der Waals surface area (Å²) in [5.41, 5.74) is 1.12. The minimum absolute atomic E-state index is 0.170. The summed E-state index contributed by atoms with van der Waals surface area (Å²) in [6, 6.07) is 6.78. The highest BCUT2D eigenvalue weighted by molar-refractivity contribution is 6.30. The van der Waals surface area contributed by atoms with Gasteiger partial charge in [-0.2, -0.15) is 0 Å². The Balaban J connectivity index is 1.91. The SMILES string of the molecule is CC(C)C[C@H](NC(=O)OC1CCCC1Cc1cccc(Cl)c1)C(=O)O. The van der Waals surface area contributed by atoms with Crippen molar-refractivity contribution in [2.75, 3.05) is 0 Å². The molecule has 25 heavy (non-hydrogen) atoms. The van der Waals surface area contributed by atoms with Gasteiger partial charge in [0.2, 0.25) is 0 Å². The van der Waals surface area contributed by atoms with Gasteiger partial charge in [-0.3, -0.25) is 0 Å². The standard InChI is InChI=1S/C19H26ClNO4/c1-12(2)9-16(18(22)23)21-19(24)25-17-8-4-6-14(17)10-13-5-3-7-15(20)11-13/h3,5,7,11-12,14,16-17H,4,6,8-10H2,1-2H3,(H,21,24)(H,22,23)/t14?,16-,17?/m0/s1. The van der Waals surface area contributed by atoms with Gasteiger partial charge in [-0.05, 0) is 55.7 Å². The predicted octanol–water partition coefficient (Wildman–Crippen LogP) is 4.28. The van der Waals surface area contributed by atoms with E-state index in [0.29, 0.717) is 11.4 Å². The average molecular weight is 368 g/mol. The lowest BCUT2D eigenvalue weighted by Gasteiger charge is -2.22. The fourth-order valence-electron chi connectivity index (χ4n) is 3.36. The number of aliphatic carboxylic acids is 1. The minimum atomic E-state index is -1.03. The molecule has 1 aliphatic rings. The van der Waals surface area contributed by atoms with Crippen LogP contribution in [-0.2, 0) is 16.0 Å². The zero-order valence-electron chi connectivity index (χ0n) is 14.7. The molecule has 3 atom stereocenters. The highest BCUT2D eigenvalue weighted by atomic mass is 35.5. The van der Waals surface area contributed by atoms with Crippen LogP contribution in [0.15, 0.2) is 24.3 Å². The molecule has 0 heterocycles.